The lowest BCUT2D eigenvalue weighted by Crippen LogP contribution is -2.38. The number of aryl methyl sites for hydroxylation is 1. The van der Waals surface area contributed by atoms with E-state index in [1.54, 1.807) is 22.4 Å². The molecular formula is C24H19N3O2S. The second-order valence-corrected chi connectivity index (χ2v) is 8.05. The van der Waals surface area contributed by atoms with Gasteiger partial charge in [-0.25, -0.2) is 4.98 Å². The smallest absolute Gasteiger partial charge is 0.265 e. The first-order chi connectivity index (χ1) is 14.7. The largest absolute Gasteiger partial charge is 0.482 e. The third-order valence-corrected chi connectivity index (χ3v) is 5.91. The number of nitrogens with zero attached hydrogens (tertiary/aromatic N) is 3. The van der Waals surface area contributed by atoms with Crippen LogP contribution < -0.4 is 9.64 Å². The van der Waals surface area contributed by atoms with Crippen LogP contribution in [0.5, 0.6) is 5.75 Å². The Labute approximate surface area is 178 Å². The quantitative estimate of drug-likeness (QED) is 0.467. The van der Waals surface area contributed by atoms with Gasteiger partial charge < -0.3 is 9.64 Å². The lowest BCUT2D eigenvalue weighted by Gasteiger charge is -2.30. The highest BCUT2D eigenvalue weighted by Gasteiger charge is 2.26. The summed E-state index contributed by atoms with van der Waals surface area (Å²) in [5.41, 5.74) is 5.71. The number of pyridine rings is 1. The van der Waals surface area contributed by atoms with Gasteiger partial charge in [-0.15, -0.1) is 11.3 Å². The molecule has 0 spiro atoms. The lowest BCUT2D eigenvalue weighted by atomic mass is 10.1. The van der Waals surface area contributed by atoms with Gasteiger partial charge in [-0.2, -0.15) is 0 Å². The molecule has 1 aliphatic rings. The van der Waals surface area contributed by atoms with E-state index in [1.807, 2.05) is 41.8 Å². The minimum Gasteiger partial charge on any atom is -0.482 e. The summed E-state index contributed by atoms with van der Waals surface area (Å²) in [6.45, 7) is 2.62. The molecule has 0 fully saturated rings. The van der Waals surface area contributed by atoms with Crippen molar-refractivity contribution in [3.63, 3.8) is 0 Å². The number of amides is 1. The van der Waals surface area contributed by atoms with E-state index in [9.17, 15) is 4.79 Å². The molecule has 5 rings (SSSR count). The van der Waals surface area contributed by atoms with Gasteiger partial charge in [-0.05, 0) is 42.8 Å². The number of aromatic nitrogens is 2. The molecule has 0 saturated carbocycles. The third kappa shape index (κ3) is 3.57. The molecule has 1 aliphatic heterocycles. The number of anilines is 1. The third-order valence-electron chi connectivity index (χ3n) is 5.05. The number of thiazole rings is 1. The molecule has 3 heterocycles. The first kappa shape index (κ1) is 18.5. The van der Waals surface area contributed by atoms with E-state index in [0.717, 1.165) is 33.2 Å². The van der Waals surface area contributed by atoms with Gasteiger partial charge in [0.1, 0.15) is 10.8 Å². The Bertz CT molecular complexity index is 1200. The number of ether oxygens (including phenoxy) is 1. The predicted octanol–water partition coefficient (Wildman–Crippen LogP) is 5.11. The molecule has 2 aromatic carbocycles. The molecule has 0 saturated heterocycles. The molecule has 6 heteroatoms. The fourth-order valence-electron chi connectivity index (χ4n) is 3.42. The zero-order chi connectivity index (χ0) is 20.5. The van der Waals surface area contributed by atoms with Crippen molar-refractivity contribution in [1.29, 1.82) is 0 Å². The van der Waals surface area contributed by atoms with Crippen LogP contribution in [0.4, 0.5) is 5.69 Å². The molecule has 0 unspecified atom stereocenters. The van der Waals surface area contributed by atoms with E-state index in [-0.39, 0.29) is 12.5 Å². The average Bonchev–Trinajstić information content (AvgIpc) is 3.28. The van der Waals surface area contributed by atoms with Crippen LogP contribution in [-0.2, 0) is 11.3 Å². The van der Waals surface area contributed by atoms with E-state index in [4.69, 9.17) is 9.72 Å². The van der Waals surface area contributed by atoms with Gasteiger partial charge in [0, 0.05) is 17.1 Å². The van der Waals surface area contributed by atoms with Crippen LogP contribution in [0.1, 0.15) is 11.1 Å². The Morgan fingerprint density at radius 3 is 2.73 bits per heavy atom. The second kappa shape index (κ2) is 7.72. The fourth-order valence-corrected chi connectivity index (χ4v) is 4.23. The molecule has 5 nitrogen and oxygen atoms in total. The average molecular weight is 414 g/mol. The van der Waals surface area contributed by atoms with Crippen LogP contribution in [0.25, 0.3) is 22.0 Å². The SMILES string of the molecule is Cc1ccc(CN2C(=O)COc3ccc(-c4csc(-c5ccccn5)n4)cc32)cc1. The highest BCUT2D eigenvalue weighted by atomic mass is 32.1. The molecule has 0 bridgehead atoms. The van der Waals surface area contributed by atoms with Crippen LogP contribution in [-0.4, -0.2) is 22.5 Å². The van der Waals surface area contributed by atoms with Crippen molar-refractivity contribution >= 4 is 22.9 Å². The number of rotatable bonds is 4. The van der Waals surface area contributed by atoms with Gasteiger partial charge in [-0.3, -0.25) is 9.78 Å². The summed E-state index contributed by atoms with van der Waals surface area (Å²) in [5, 5.41) is 2.88. The second-order valence-electron chi connectivity index (χ2n) is 7.19. The maximum Gasteiger partial charge on any atom is 0.265 e. The van der Waals surface area contributed by atoms with E-state index >= 15 is 0 Å². The molecule has 4 aromatic rings. The highest BCUT2D eigenvalue weighted by Crippen LogP contribution is 2.37. The Morgan fingerprint density at radius 2 is 1.93 bits per heavy atom. The molecule has 30 heavy (non-hydrogen) atoms. The van der Waals surface area contributed by atoms with Gasteiger partial charge in [-0.1, -0.05) is 35.9 Å². The first-order valence-electron chi connectivity index (χ1n) is 9.67. The maximum atomic E-state index is 12.6. The number of hydrogen-bond donors (Lipinski definition) is 0. The summed E-state index contributed by atoms with van der Waals surface area (Å²) in [6, 6.07) is 19.9. The standard InChI is InChI=1S/C24H19N3O2S/c1-16-5-7-17(8-6-16)13-27-21-12-18(9-10-22(21)29-14-23(27)28)20-15-30-24(26-20)19-4-2-3-11-25-19/h2-12,15H,13-14H2,1H3. The number of carbonyl (C=O) groups is 1. The van der Waals surface area contributed by atoms with Crippen LogP contribution in [0.15, 0.2) is 72.2 Å². The molecule has 1 amide bonds. The normalized spacial score (nSPS) is 13.1. The summed E-state index contributed by atoms with van der Waals surface area (Å²) in [4.78, 5) is 23.6. The van der Waals surface area contributed by atoms with Gasteiger partial charge in [0.25, 0.3) is 5.91 Å². The molecule has 0 aliphatic carbocycles. The minimum atomic E-state index is -0.0484. The number of benzene rings is 2. The summed E-state index contributed by atoms with van der Waals surface area (Å²) in [5.74, 6) is 0.665. The minimum absolute atomic E-state index is 0.0484. The Balaban J connectivity index is 1.49. The van der Waals surface area contributed by atoms with Crippen molar-refractivity contribution in [2.24, 2.45) is 0 Å². The van der Waals surface area contributed by atoms with Crippen molar-refractivity contribution in [3.05, 3.63) is 83.4 Å². The number of carbonyl (C=O) groups excluding carboxylic acids is 1. The lowest BCUT2D eigenvalue weighted by molar-refractivity contribution is -0.121. The molecule has 2 aromatic heterocycles. The van der Waals surface area contributed by atoms with Crippen molar-refractivity contribution < 1.29 is 9.53 Å². The van der Waals surface area contributed by atoms with Crippen LogP contribution in [0, 0.1) is 6.92 Å². The predicted molar refractivity (Wildman–Crippen MR) is 119 cm³/mol. The molecular weight excluding hydrogens is 394 g/mol. The van der Waals surface area contributed by atoms with Gasteiger partial charge >= 0.3 is 0 Å². The van der Waals surface area contributed by atoms with E-state index in [0.29, 0.717) is 12.3 Å². The molecule has 0 N–H and O–H groups in total. The van der Waals surface area contributed by atoms with E-state index < -0.39 is 0 Å². The topological polar surface area (TPSA) is 55.3 Å². The van der Waals surface area contributed by atoms with Gasteiger partial charge in [0.2, 0.25) is 0 Å². The van der Waals surface area contributed by atoms with Crippen molar-refractivity contribution in [1.82, 2.24) is 9.97 Å². The molecule has 0 atom stereocenters. The fraction of sp³-hybridized carbons (Fsp3) is 0.125. The molecule has 0 radical (unpaired) electrons. The van der Waals surface area contributed by atoms with Crippen LogP contribution in [0.2, 0.25) is 0 Å². The van der Waals surface area contributed by atoms with Gasteiger partial charge in [0.05, 0.1) is 23.6 Å². The Kier molecular flexibility index (Phi) is 4.77. The van der Waals surface area contributed by atoms with Crippen molar-refractivity contribution in [3.8, 4) is 27.7 Å². The van der Waals surface area contributed by atoms with E-state index in [1.165, 1.54) is 5.56 Å². The van der Waals surface area contributed by atoms with E-state index in [2.05, 4.69) is 36.2 Å². The summed E-state index contributed by atoms with van der Waals surface area (Å²) >= 11 is 1.55. The monoisotopic (exact) mass is 413 g/mol. The van der Waals surface area contributed by atoms with Gasteiger partial charge in [0.15, 0.2) is 6.61 Å². The Morgan fingerprint density at radius 1 is 1.07 bits per heavy atom. The molecule has 148 valence electrons. The zero-order valence-electron chi connectivity index (χ0n) is 16.4. The summed E-state index contributed by atoms with van der Waals surface area (Å²) in [7, 11) is 0. The zero-order valence-corrected chi connectivity index (χ0v) is 17.2. The first-order valence-corrected chi connectivity index (χ1v) is 10.6. The number of hydrogen-bond acceptors (Lipinski definition) is 5. The number of fused-ring (bicyclic) bond motifs is 1. The van der Waals surface area contributed by atoms with Crippen molar-refractivity contribution in [2.45, 2.75) is 13.5 Å². The Hall–Kier alpha value is -3.51. The summed E-state index contributed by atoms with van der Waals surface area (Å²) < 4.78 is 5.67. The summed E-state index contributed by atoms with van der Waals surface area (Å²) in [6.07, 6.45) is 1.77. The van der Waals surface area contributed by atoms with Crippen LogP contribution >= 0.6 is 11.3 Å². The maximum absolute atomic E-state index is 12.6. The van der Waals surface area contributed by atoms with Crippen LogP contribution in [0.3, 0.4) is 0 Å². The van der Waals surface area contributed by atoms with Crippen molar-refractivity contribution in [2.75, 3.05) is 11.5 Å². The highest BCUT2D eigenvalue weighted by molar-refractivity contribution is 7.13.